The Hall–Kier alpha value is -1.64. The van der Waals surface area contributed by atoms with Crippen molar-refractivity contribution in [3.63, 3.8) is 0 Å². The first-order valence-electron chi connectivity index (χ1n) is 10.4. The first-order valence-corrected chi connectivity index (χ1v) is 13.9. The highest BCUT2D eigenvalue weighted by Gasteiger charge is 2.14. The number of aromatic nitrogens is 4. The molecule has 6 N–H and O–H groups in total. The summed E-state index contributed by atoms with van der Waals surface area (Å²) < 4.78 is 0. The van der Waals surface area contributed by atoms with Crippen molar-refractivity contribution in [2.45, 2.75) is 12.8 Å². The minimum absolute atomic E-state index is 0.652. The van der Waals surface area contributed by atoms with Gasteiger partial charge < -0.3 is 22.1 Å². The lowest BCUT2D eigenvalue weighted by Gasteiger charge is -1.99. The predicted molar refractivity (Wildman–Crippen MR) is 137 cm³/mol. The minimum Gasteiger partial charge on any atom is -0.329 e. The molecule has 0 spiro atoms. The van der Waals surface area contributed by atoms with Crippen molar-refractivity contribution in [3.05, 3.63) is 31.5 Å². The molecule has 0 aromatic carbocycles. The van der Waals surface area contributed by atoms with Gasteiger partial charge in [-0.2, -0.15) is 0 Å². The van der Waals surface area contributed by atoms with E-state index in [1.807, 2.05) is 10.8 Å². The van der Waals surface area contributed by atoms with Crippen LogP contribution < -0.4 is 22.1 Å². The fraction of sp³-hybridized carbons (Fsp3) is 0.400. The second kappa shape index (κ2) is 12.0. The molecule has 0 fully saturated rings. The molecule has 0 unspecified atom stereocenters. The SMILES string of the molecule is NCCNCCc1nc(-c2nc(-c3csc(-c4csc(CCNCCN)n4)n3)cs2)cs1. The van der Waals surface area contributed by atoms with Crippen LogP contribution in [0.25, 0.3) is 32.8 Å². The Kier molecular flexibility index (Phi) is 8.82. The Balaban J connectivity index is 1.37. The summed E-state index contributed by atoms with van der Waals surface area (Å²) in [5.41, 5.74) is 14.6. The van der Waals surface area contributed by atoms with Gasteiger partial charge in [0, 0.05) is 73.6 Å². The summed E-state index contributed by atoms with van der Waals surface area (Å²) >= 11 is 6.55. The van der Waals surface area contributed by atoms with E-state index in [4.69, 9.17) is 31.4 Å². The highest BCUT2D eigenvalue weighted by atomic mass is 32.1. The third-order valence-corrected chi connectivity index (χ3v) is 8.03. The monoisotopic (exact) mass is 506 g/mol. The smallest absolute Gasteiger partial charge is 0.143 e. The molecule has 0 bridgehead atoms. The molecule has 0 aliphatic heterocycles. The van der Waals surface area contributed by atoms with Crippen molar-refractivity contribution in [2.75, 3.05) is 39.3 Å². The number of nitrogens with two attached hydrogens (primary N) is 2. The Bertz CT molecular complexity index is 1010. The molecule has 0 radical (unpaired) electrons. The first kappa shape index (κ1) is 23.5. The molecule has 4 aromatic rings. The lowest BCUT2D eigenvalue weighted by Crippen LogP contribution is -2.24. The molecule has 0 atom stereocenters. The van der Waals surface area contributed by atoms with E-state index in [0.717, 1.165) is 81.8 Å². The zero-order valence-electron chi connectivity index (χ0n) is 17.5. The lowest BCUT2D eigenvalue weighted by atomic mass is 10.4. The van der Waals surface area contributed by atoms with Crippen molar-refractivity contribution in [3.8, 4) is 32.8 Å². The summed E-state index contributed by atoms with van der Waals surface area (Å²) in [4.78, 5) is 19.0. The van der Waals surface area contributed by atoms with E-state index >= 15 is 0 Å². The average Bonchev–Trinajstić information content (AvgIpc) is 3.60. The summed E-state index contributed by atoms with van der Waals surface area (Å²) in [6.45, 7) is 4.74. The molecule has 0 saturated carbocycles. The van der Waals surface area contributed by atoms with Gasteiger partial charge in [0.1, 0.15) is 32.8 Å². The van der Waals surface area contributed by atoms with Crippen LogP contribution in [0.2, 0.25) is 0 Å². The van der Waals surface area contributed by atoms with E-state index in [1.54, 1.807) is 45.3 Å². The molecule has 0 amide bonds. The van der Waals surface area contributed by atoms with Crippen LogP contribution in [0.3, 0.4) is 0 Å². The Morgan fingerprint density at radius 2 is 1.00 bits per heavy atom. The van der Waals surface area contributed by atoms with Crippen molar-refractivity contribution in [1.82, 2.24) is 30.6 Å². The van der Waals surface area contributed by atoms with Crippen LogP contribution in [-0.2, 0) is 12.8 Å². The van der Waals surface area contributed by atoms with Crippen molar-refractivity contribution in [1.29, 1.82) is 0 Å². The van der Waals surface area contributed by atoms with Gasteiger partial charge in [0.05, 0.1) is 10.0 Å². The Morgan fingerprint density at radius 3 is 1.44 bits per heavy atom. The minimum atomic E-state index is 0.652. The van der Waals surface area contributed by atoms with Crippen molar-refractivity contribution >= 4 is 45.3 Å². The maximum atomic E-state index is 5.51. The van der Waals surface area contributed by atoms with Gasteiger partial charge >= 0.3 is 0 Å². The third-order valence-electron chi connectivity index (χ3n) is 4.49. The molecule has 170 valence electrons. The molecule has 0 saturated heterocycles. The number of hydrogen-bond acceptors (Lipinski definition) is 12. The summed E-state index contributed by atoms with van der Waals surface area (Å²) in [6, 6.07) is 0. The van der Waals surface area contributed by atoms with Gasteiger partial charge in [-0.3, -0.25) is 0 Å². The normalized spacial score (nSPS) is 11.4. The van der Waals surface area contributed by atoms with E-state index in [1.165, 1.54) is 0 Å². The van der Waals surface area contributed by atoms with Crippen LogP contribution in [0.15, 0.2) is 21.5 Å². The second-order valence-corrected chi connectivity index (χ2v) is 10.5. The molecule has 0 aliphatic rings. The average molecular weight is 507 g/mol. The maximum Gasteiger partial charge on any atom is 0.143 e. The van der Waals surface area contributed by atoms with E-state index in [2.05, 4.69) is 21.4 Å². The molecular formula is C20H26N8S4. The van der Waals surface area contributed by atoms with Crippen LogP contribution in [0.1, 0.15) is 10.0 Å². The number of rotatable bonds is 13. The van der Waals surface area contributed by atoms with Gasteiger partial charge in [-0.1, -0.05) is 0 Å². The molecule has 4 rings (SSSR count). The van der Waals surface area contributed by atoms with E-state index in [9.17, 15) is 0 Å². The largest absolute Gasteiger partial charge is 0.329 e. The Labute approximate surface area is 203 Å². The third kappa shape index (κ3) is 6.23. The van der Waals surface area contributed by atoms with Crippen molar-refractivity contribution in [2.24, 2.45) is 11.5 Å². The Morgan fingerprint density at radius 1 is 0.562 bits per heavy atom. The van der Waals surface area contributed by atoms with Crippen molar-refractivity contribution < 1.29 is 0 Å². The van der Waals surface area contributed by atoms with Gasteiger partial charge in [0.2, 0.25) is 0 Å². The van der Waals surface area contributed by atoms with Crippen LogP contribution in [0, 0.1) is 0 Å². The van der Waals surface area contributed by atoms with E-state index in [-0.39, 0.29) is 0 Å². The number of nitrogens with zero attached hydrogens (tertiary/aromatic N) is 4. The van der Waals surface area contributed by atoms with Crippen LogP contribution in [0.4, 0.5) is 0 Å². The topological polar surface area (TPSA) is 128 Å². The van der Waals surface area contributed by atoms with Gasteiger partial charge in [0.25, 0.3) is 0 Å². The number of thiazole rings is 4. The van der Waals surface area contributed by atoms with Gasteiger partial charge in [-0.05, 0) is 0 Å². The quantitative estimate of drug-likeness (QED) is 0.204. The van der Waals surface area contributed by atoms with Gasteiger partial charge in [-0.15, -0.1) is 45.3 Å². The summed E-state index contributed by atoms with van der Waals surface area (Å²) in [5, 5.41) is 18.9. The molecule has 4 heterocycles. The molecule has 12 heteroatoms. The van der Waals surface area contributed by atoms with Gasteiger partial charge in [-0.25, -0.2) is 19.9 Å². The van der Waals surface area contributed by atoms with Crippen LogP contribution >= 0.6 is 45.3 Å². The second-order valence-electron chi connectivity index (χ2n) is 6.91. The summed E-state index contributed by atoms with van der Waals surface area (Å²) in [5.74, 6) is 0. The lowest BCUT2D eigenvalue weighted by molar-refractivity contribution is 0.687. The fourth-order valence-electron chi connectivity index (χ4n) is 2.91. The fourth-order valence-corrected chi connectivity index (χ4v) is 6.17. The molecule has 8 nitrogen and oxygen atoms in total. The molecule has 4 aromatic heterocycles. The molecule has 0 aliphatic carbocycles. The summed E-state index contributed by atoms with van der Waals surface area (Å²) in [6.07, 6.45) is 1.80. The predicted octanol–water partition coefficient (Wildman–Crippen LogP) is 2.70. The summed E-state index contributed by atoms with van der Waals surface area (Å²) in [7, 11) is 0. The zero-order valence-corrected chi connectivity index (χ0v) is 20.8. The highest BCUT2D eigenvalue weighted by Crippen LogP contribution is 2.33. The first-order chi connectivity index (χ1) is 15.8. The molecular weight excluding hydrogens is 481 g/mol. The van der Waals surface area contributed by atoms with E-state index in [0.29, 0.717) is 13.1 Å². The zero-order chi connectivity index (χ0) is 22.2. The van der Waals surface area contributed by atoms with Crippen LogP contribution in [0.5, 0.6) is 0 Å². The highest BCUT2D eigenvalue weighted by molar-refractivity contribution is 7.15. The number of hydrogen-bond donors (Lipinski definition) is 4. The maximum absolute atomic E-state index is 5.51. The van der Waals surface area contributed by atoms with Gasteiger partial charge in [0.15, 0.2) is 0 Å². The standard InChI is InChI=1S/C20H26N8S4/c21-3-7-23-5-1-17-25-15(11-29-17)19-27-13(9-31-19)14-10-32-20(28-14)16-12-30-18(26-16)2-6-24-8-4-22/h9-12,23-24H,1-8,21-22H2. The number of nitrogens with one attached hydrogen (secondary N) is 2. The molecule has 32 heavy (non-hydrogen) atoms. The van der Waals surface area contributed by atoms with Crippen LogP contribution in [-0.4, -0.2) is 59.2 Å². The van der Waals surface area contributed by atoms with E-state index < -0.39 is 0 Å².